The fourth-order valence-corrected chi connectivity index (χ4v) is 2.16. The highest BCUT2D eigenvalue weighted by Crippen LogP contribution is 2.17. The number of hydrogen-bond acceptors (Lipinski definition) is 4. The molecule has 0 radical (unpaired) electrons. The molecule has 0 bridgehead atoms. The first-order valence-electron chi connectivity index (χ1n) is 6.47. The van der Waals surface area contributed by atoms with E-state index >= 15 is 0 Å². The summed E-state index contributed by atoms with van der Waals surface area (Å²) in [6.07, 6.45) is 0.391. The van der Waals surface area contributed by atoms with Crippen LogP contribution in [-0.4, -0.2) is 42.8 Å². The second-order valence-electron chi connectivity index (χ2n) is 5.44. The van der Waals surface area contributed by atoms with Crippen LogP contribution in [0.3, 0.4) is 0 Å². The molecule has 1 aromatic carbocycles. The van der Waals surface area contributed by atoms with Gasteiger partial charge in [-0.2, -0.15) is 5.26 Å². The second kappa shape index (κ2) is 7.25. The van der Waals surface area contributed by atoms with Gasteiger partial charge in [-0.1, -0.05) is 30.3 Å². The van der Waals surface area contributed by atoms with Gasteiger partial charge in [0.1, 0.15) is 0 Å². The summed E-state index contributed by atoms with van der Waals surface area (Å²) in [6.45, 7) is 2.83. The van der Waals surface area contributed by atoms with Gasteiger partial charge in [0.05, 0.1) is 18.1 Å². The summed E-state index contributed by atoms with van der Waals surface area (Å²) in [6, 6.07) is 12.0. The third-order valence-electron chi connectivity index (χ3n) is 2.88. The third-order valence-corrected chi connectivity index (χ3v) is 2.88. The van der Waals surface area contributed by atoms with E-state index < -0.39 is 5.60 Å². The predicted octanol–water partition coefficient (Wildman–Crippen LogP) is 1.54. The van der Waals surface area contributed by atoms with Gasteiger partial charge in [-0.15, -0.1) is 0 Å². The van der Waals surface area contributed by atoms with E-state index in [0.717, 1.165) is 5.56 Å². The molecule has 4 heteroatoms. The molecule has 0 aliphatic carbocycles. The molecule has 104 valence electrons. The fourth-order valence-electron chi connectivity index (χ4n) is 2.16. The van der Waals surface area contributed by atoms with Crippen molar-refractivity contribution in [1.29, 1.82) is 5.26 Å². The van der Waals surface area contributed by atoms with Crippen molar-refractivity contribution >= 4 is 0 Å². The van der Waals surface area contributed by atoms with E-state index in [0.29, 0.717) is 19.5 Å². The Bertz CT molecular complexity index is 409. The summed E-state index contributed by atoms with van der Waals surface area (Å²) in [4.78, 5) is 1.95. The average Bonchev–Trinajstić information content (AvgIpc) is 2.34. The van der Waals surface area contributed by atoms with Gasteiger partial charge < -0.3 is 15.3 Å². The van der Waals surface area contributed by atoms with Gasteiger partial charge in [-0.05, 0) is 26.6 Å². The third kappa shape index (κ3) is 5.84. The Kier molecular flexibility index (Phi) is 5.97. The summed E-state index contributed by atoms with van der Waals surface area (Å²) < 4.78 is 0. The zero-order chi connectivity index (χ0) is 14.3. The van der Waals surface area contributed by atoms with Crippen LogP contribution in [-0.2, 0) is 0 Å². The van der Waals surface area contributed by atoms with Crippen LogP contribution >= 0.6 is 0 Å². The molecular formula is C15H23N3O. The van der Waals surface area contributed by atoms with E-state index in [9.17, 15) is 5.11 Å². The van der Waals surface area contributed by atoms with Crippen LogP contribution in [0, 0.1) is 11.3 Å². The molecule has 0 fully saturated rings. The summed E-state index contributed by atoms with van der Waals surface area (Å²) in [5.41, 5.74) is 0.260. The fraction of sp³-hybridized carbons (Fsp3) is 0.533. The SMILES string of the molecule is CN(C)CC(C)(O)CNC(CC#N)c1ccccc1. The van der Waals surface area contributed by atoms with Crippen LogP contribution in [0.4, 0.5) is 0 Å². The maximum absolute atomic E-state index is 10.3. The molecule has 0 saturated carbocycles. The van der Waals surface area contributed by atoms with Crippen LogP contribution in [0.1, 0.15) is 24.9 Å². The molecule has 1 rings (SSSR count). The van der Waals surface area contributed by atoms with E-state index in [1.54, 1.807) is 6.92 Å². The smallest absolute Gasteiger partial charge is 0.0869 e. The molecular weight excluding hydrogens is 238 g/mol. The molecule has 0 aliphatic rings. The highest BCUT2D eigenvalue weighted by molar-refractivity contribution is 5.20. The monoisotopic (exact) mass is 261 g/mol. The zero-order valence-electron chi connectivity index (χ0n) is 11.9. The molecule has 2 unspecified atom stereocenters. The first-order valence-corrected chi connectivity index (χ1v) is 6.47. The van der Waals surface area contributed by atoms with Crippen LogP contribution in [0.15, 0.2) is 30.3 Å². The number of hydrogen-bond donors (Lipinski definition) is 2. The Morgan fingerprint density at radius 1 is 1.37 bits per heavy atom. The van der Waals surface area contributed by atoms with Crippen LogP contribution < -0.4 is 5.32 Å². The molecule has 0 amide bonds. The number of rotatable bonds is 7. The number of aliphatic hydroxyl groups is 1. The number of nitrogens with zero attached hydrogens (tertiary/aromatic N) is 2. The highest BCUT2D eigenvalue weighted by atomic mass is 16.3. The summed E-state index contributed by atoms with van der Waals surface area (Å²) >= 11 is 0. The summed E-state index contributed by atoms with van der Waals surface area (Å²) in [5, 5.41) is 22.5. The average molecular weight is 261 g/mol. The molecule has 19 heavy (non-hydrogen) atoms. The first kappa shape index (κ1) is 15.6. The molecule has 2 atom stereocenters. The first-order chi connectivity index (χ1) is 8.94. The van der Waals surface area contributed by atoms with Gasteiger partial charge in [0.25, 0.3) is 0 Å². The predicted molar refractivity (Wildman–Crippen MR) is 76.6 cm³/mol. The Labute approximate surface area is 115 Å². The maximum atomic E-state index is 10.3. The van der Waals surface area contributed by atoms with Crippen LogP contribution in [0.2, 0.25) is 0 Å². The van der Waals surface area contributed by atoms with Crippen molar-refractivity contribution in [3.05, 3.63) is 35.9 Å². The Hall–Kier alpha value is -1.41. The number of benzene rings is 1. The van der Waals surface area contributed by atoms with Gasteiger partial charge in [0.2, 0.25) is 0 Å². The Morgan fingerprint density at radius 3 is 2.53 bits per heavy atom. The van der Waals surface area contributed by atoms with Crippen LogP contribution in [0.25, 0.3) is 0 Å². The van der Waals surface area contributed by atoms with Gasteiger partial charge in [-0.3, -0.25) is 0 Å². The van der Waals surface area contributed by atoms with Crippen molar-refractivity contribution < 1.29 is 5.11 Å². The normalized spacial score (nSPS) is 15.8. The Morgan fingerprint density at radius 2 is 2.00 bits per heavy atom. The van der Waals surface area contributed by atoms with Crippen molar-refractivity contribution in [2.75, 3.05) is 27.2 Å². The lowest BCUT2D eigenvalue weighted by Gasteiger charge is -2.29. The lowest BCUT2D eigenvalue weighted by atomic mass is 10.0. The molecule has 2 N–H and O–H groups in total. The lowest BCUT2D eigenvalue weighted by molar-refractivity contribution is 0.0314. The highest BCUT2D eigenvalue weighted by Gasteiger charge is 2.23. The van der Waals surface area contributed by atoms with E-state index in [1.165, 1.54) is 0 Å². The number of likely N-dealkylation sites (N-methyl/N-ethyl adjacent to an activating group) is 1. The minimum atomic E-state index is -0.814. The summed E-state index contributed by atoms with van der Waals surface area (Å²) in [5.74, 6) is 0. The minimum Gasteiger partial charge on any atom is -0.388 e. The van der Waals surface area contributed by atoms with E-state index in [2.05, 4.69) is 11.4 Å². The van der Waals surface area contributed by atoms with Gasteiger partial charge in [0.15, 0.2) is 0 Å². The van der Waals surface area contributed by atoms with Gasteiger partial charge in [0, 0.05) is 19.1 Å². The zero-order valence-corrected chi connectivity index (χ0v) is 11.9. The quantitative estimate of drug-likeness (QED) is 0.782. The van der Waals surface area contributed by atoms with Crippen LogP contribution in [0.5, 0.6) is 0 Å². The molecule has 0 spiro atoms. The van der Waals surface area contributed by atoms with Crippen molar-refractivity contribution in [2.24, 2.45) is 0 Å². The number of nitrogens with one attached hydrogen (secondary N) is 1. The maximum Gasteiger partial charge on any atom is 0.0869 e. The van der Waals surface area contributed by atoms with E-state index in [1.807, 2.05) is 49.3 Å². The largest absolute Gasteiger partial charge is 0.388 e. The molecule has 4 nitrogen and oxygen atoms in total. The molecule has 0 heterocycles. The minimum absolute atomic E-state index is 0.0418. The molecule has 0 aliphatic heterocycles. The van der Waals surface area contributed by atoms with Crippen molar-refractivity contribution in [2.45, 2.75) is 25.0 Å². The van der Waals surface area contributed by atoms with Crippen molar-refractivity contribution in [3.8, 4) is 6.07 Å². The van der Waals surface area contributed by atoms with E-state index in [-0.39, 0.29) is 6.04 Å². The standard InChI is InChI=1S/C15H23N3O/c1-15(19,12-18(2)3)11-17-14(9-10-16)13-7-5-4-6-8-13/h4-8,14,17,19H,9,11-12H2,1-3H3. The lowest BCUT2D eigenvalue weighted by Crippen LogP contribution is -2.46. The Balaban J connectivity index is 2.63. The van der Waals surface area contributed by atoms with Crippen molar-refractivity contribution in [1.82, 2.24) is 10.2 Å². The molecule has 1 aromatic rings. The molecule has 0 saturated heterocycles. The van der Waals surface area contributed by atoms with Gasteiger partial charge in [-0.25, -0.2) is 0 Å². The van der Waals surface area contributed by atoms with E-state index in [4.69, 9.17) is 5.26 Å². The number of nitriles is 1. The summed E-state index contributed by atoms with van der Waals surface area (Å²) in [7, 11) is 3.86. The van der Waals surface area contributed by atoms with Gasteiger partial charge >= 0.3 is 0 Å². The topological polar surface area (TPSA) is 59.3 Å². The van der Waals surface area contributed by atoms with Crippen molar-refractivity contribution in [3.63, 3.8) is 0 Å². The second-order valence-corrected chi connectivity index (χ2v) is 5.44. The molecule has 0 aromatic heterocycles.